The van der Waals surface area contributed by atoms with Crippen molar-refractivity contribution < 1.29 is 18.8 Å². The molecule has 0 aromatic carbocycles. The van der Waals surface area contributed by atoms with Crippen LogP contribution in [0, 0.1) is 0 Å². The standard InChI is InChI=1S/C20H30BNO4/c1-19(2)20(3,4)26-21(25-19)16-11-17(14-5-8-23-9-6-14)22-18(12-16)15-7-10-24-13-15/h11-12,14-15H,5-10,13H2,1-4H3. The number of rotatable bonds is 3. The lowest BCUT2D eigenvalue weighted by atomic mass is 9.77. The second-order valence-corrected chi connectivity index (χ2v) is 8.79. The summed E-state index contributed by atoms with van der Waals surface area (Å²) in [7, 11) is -0.345. The Labute approximate surface area is 156 Å². The van der Waals surface area contributed by atoms with Gasteiger partial charge in [-0.1, -0.05) is 0 Å². The van der Waals surface area contributed by atoms with Gasteiger partial charge >= 0.3 is 7.12 Å². The second kappa shape index (κ2) is 6.90. The number of aromatic nitrogens is 1. The molecule has 3 saturated heterocycles. The minimum absolute atomic E-state index is 0.337. The van der Waals surface area contributed by atoms with Crippen molar-refractivity contribution in [3.63, 3.8) is 0 Å². The van der Waals surface area contributed by atoms with E-state index in [2.05, 4.69) is 39.8 Å². The van der Waals surface area contributed by atoms with Crippen molar-refractivity contribution in [1.29, 1.82) is 0 Å². The van der Waals surface area contributed by atoms with E-state index in [1.165, 1.54) is 0 Å². The summed E-state index contributed by atoms with van der Waals surface area (Å²) in [5.41, 5.74) is 2.69. The topological polar surface area (TPSA) is 49.8 Å². The van der Waals surface area contributed by atoms with E-state index in [1.807, 2.05) is 0 Å². The number of hydrogen-bond donors (Lipinski definition) is 0. The third-order valence-electron chi connectivity index (χ3n) is 6.40. The molecular formula is C20H30BNO4. The Bertz CT molecular complexity index is 635. The van der Waals surface area contributed by atoms with Gasteiger partial charge in [-0.05, 0) is 64.6 Å². The lowest BCUT2D eigenvalue weighted by molar-refractivity contribution is 0.00578. The minimum Gasteiger partial charge on any atom is -0.399 e. The number of nitrogens with zero attached hydrogens (tertiary/aromatic N) is 1. The SMILES string of the molecule is CC1(C)OB(c2cc(C3CCOCC3)nc(C3CCOC3)c2)OC1(C)C. The average molecular weight is 359 g/mol. The summed E-state index contributed by atoms with van der Waals surface area (Å²) in [5.74, 6) is 0.822. The Morgan fingerprint density at radius 3 is 1.96 bits per heavy atom. The van der Waals surface area contributed by atoms with Crippen LogP contribution in [0.1, 0.15) is 70.2 Å². The molecule has 0 bridgehead atoms. The number of hydrogen-bond acceptors (Lipinski definition) is 5. The zero-order valence-electron chi connectivity index (χ0n) is 16.4. The molecule has 1 unspecified atom stereocenters. The van der Waals surface area contributed by atoms with Crippen molar-refractivity contribution in [2.75, 3.05) is 26.4 Å². The quantitative estimate of drug-likeness (QED) is 0.777. The molecule has 3 fully saturated rings. The monoisotopic (exact) mass is 359 g/mol. The van der Waals surface area contributed by atoms with Gasteiger partial charge in [0.1, 0.15) is 0 Å². The van der Waals surface area contributed by atoms with Crippen LogP contribution in [0.25, 0.3) is 0 Å². The molecule has 1 aromatic rings. The predicted octanol–water partition coefficient (Wildman–Crippen LogP) is 2.78. The molecule has 1 atom stereocenters. The molecule has 4 heterocycles. The summed E-state index contributed by atoms with van der Waals surface area (Å²) in [4.78, 5) is 5.04. The molecular weight excluding hydrogens is 329 g/mol. The van der Waals surface area contributed by atoms with Crippen molar-refractivity contribution in [3.8, 4) is 0 Å². The van der Waals surface area contributed by atoms with Gasteiger partial charge in [-0.25, -0.2) is 0 Å². The van der Waals surface area contributed by atoms with Crippen LogP contribution in [0.5, 0.6) is 0 Å². The Kier molecular flexibility index (Phi) is 4.89. The molecule has 1 aromatic heterocycles. The van der Waals surface area contributed by atoms with Crippen molar-refractivity contribution in [2.45, 2.75) is 70.0 Å². The van der Waals surface area contributed by atoms with E-state index in [0.717, 1.165) is 62.5 Å². The average Bonchev–Trinajstić information content (AvgIpc) is 3.22. The number of ether oxygens (including phenoxy) is 2. The zero-order chi connectivity index (χ0) is 18.4. The molecule has 5 nitrogen and oxygen atoms in total. The van der Waals surface area contributed by atoms with Crippen LogP contribution in [0.2, 0.25) is 0 Å². The summed E-state index contributed by atoms with van der Waals surface area (Å²) in [6, 6.07) is 4.36. The fraction of sp³-hybridized carbons (Fsp3) is 0.750. The first-order chi connectivity index (χ1) is 12.4. The van der Waals surface area contributed by atoms with E-state index < -0.39 is 0 Å². The first-order valence-electron chi connectivity index (χ1n) is 9.89. The highest BCUT2D eigenvalue weighted by Gasteiger charge is 2.52. The molecule has 0 N–H and O–H groups in total. The van der Waals surface area contributed by atoms with E-state index >= 15 is 0 Å². The third-order valence-corrected chi connectivity index (χ3v) is 6.40. The Morgan fingerprint density at radius 1 is 0.846 bits per heavy atom. The lowest BCUT2D eigenvalue weighted by Crippen LogP contribution is -2.41. The van der Waals surface area contributed by atoms with Crippen LogP contribution in [0.4, 0.5) is 0 Å². The molecule has 0 spiro atoms. The van der Waals surface area contributed by atoms with E-state index in [-0.39, 0.29) is 18.3 Å². The van der Waals surface area contributed by atoms with E-state index in [4.69, 9.17) is 23.8 Å². The van der Waals surface area contributed by atoms with Crippen molar-refractivity contribution >= 4 is 12.6 Å². The van der Waals surface area contributed by atoms with E-state index in [0.29, 0.717) is 11.8 Å². The lowest BCUT2D eigenvalue weighted by Gasteiger charge is -2.32. The number of pyridine rings is 1. The maximum atomic E-state index is 6.30. The highest BCUT2D eigenvalue weighted by Crippen LogP contribution is 2.37. The maximum absolute atomic E-state index is 6.30. The van der Waals surface area contributed by atoms with Gasteiger partial charge in [0.05, 0.1) is 17.8 Å². The summed E-state index contributed by atoms with van der Waals surface area (Å²) in [6.07, 6.45) is 3.09. The molecule has 3 aliphatic rings. The predicted molar refractivity (Wildman–Crippen MR) is 101 cm³/mol. The van der Waals surface area contributed by atoms with Crippen LogP contribution >= 0.6 is 0 Å². The van der Waals surface area contributed by atoms with Crippen LogP contribution < -0.4 is 5.46 Å². The van der Waals surface area contributed by atoms with E-state index in [9.17, 15) is 0 Å². The molecule has 0 radical (unpaired) electrons. The molecule has 3 aliphatic heterocycles. The molecule has 0 aliphatic carbocycles. The summed E-state index contributed by atoms with van der Waals surface area (Å²) in [6.45, 7) is 11.6. The third kappa shape index (κ3) is 3.44. The summed E-state index contributed by atoms with van der Waals surface area (Å²) in [5, 5.41) is 0. The van der Waals surface area contributed by atoms with Gasteiger partial charge in [0, 0.05) is 43.0 Å². The summed E-state index contributed by atoms with van der Waals surface area (Å²) >= 11 is 0. The molecule has 0 amide bonds. The van der Waals surface area contributed by atoms with Gasteiger partial charge in [0.15, 0.2) is 0 Å². The van der Waals surface area contributed by atoms with Gasteiger partial charge in [-0.2, -0.15) is 0 Å². The normalized spacial score (nSPS) is 28.6. The highest BCUT2D eigenvalue weighted by atomic mass is 16.7. The van der Waals surface area contributed by atoms with E-state index in [1.54, 1.807) is 0 Å². The van der Waals surface area contributed by atoms with Gasteiger partial charge in [0.25, 0.3) is 0 Å². The van der Waals surface area contributed by atoms with Crippen LogP contribution in [0.3, 0.4) is 0 Å². The fourth-order valence-corrected chi connectivity index (χ4v) is 3.89. The Hall–Kier alpha value is -0.945. The van der Waals surface area contributed by atoms with Gasteiger partial charge in [-0.3, -0.25) is 4.98 Å². The van der Waals surface area contributed by atoms with Gasteiger partial charge in [0.2, 0.25) is 0 Å². The Morgan fingerprint density at radius 2 is 1.38 bits per heavy atom. The molecule has 4 rings (SSSR count). The van der Waals surface area contributed by atoms with Crippen LogP contribution in [-0.2, 0) is 18.8 Å². The molecule has 0 saturated carbocycles. The fourth-order valence-electron chi connectivity index (χ4n) is 3.89. The van der Waals surface area contributed by atoms with Gasteiger partial charge < -0.3 is 18.8 Å². The largest absolute Gasteiger partial charge is 0.494 e. The molecule has 142 valence electrons. The second-order valence-electron chi connectivity index (χ2n) is 8.79. The summed E-state index contributed by atoms with van der Waals surface area (Å²) < 4.78 is 23.8. The Balaban J connectivity index is 1.68. The van der Waals surface area contributed by atoms with Crippen molar-refractivity contribution in [1.82, 2.24) is 4.98 Å². The highest BCUT2D eigenvalue weighted by molar-refractivity contribution is 6.62. The molecule has 26 heavy (non-hydrogen) atoms. The van der Waals surface area contributed by atoms with Crippen LogP contribution in [0.15, 0.2) is 12.1 Å². The van der Waals surface area contributed by atoms with Gasteiger partial charge in [-0.15, -0.1) is 0 Å². The first kappa shape index (κ1) is 18.4. The van der Waals surface area contributed by atoms with Crippen molar-refractivity contribution in [3.05, 3.63) is 23.5 Å². The smallest absolute Gasteiger partial charge is 0.399 e. The maximum Gasteiger partial charge on any atom is 0.494 e. The van der Waals surface area contributed by atoms with Crippen molar-refractivity contribution in [2.24, 2.45) is 0 Å². The molecule has 6 heteroatoms. The van der Waals surface area contributed by atoms with Crippen LogP contribution in [-0.4, -0.2) is 49.7 Å². The zero-order valence-corrected chi connectivity index (χ0v) is 16.4. The minimum atomic E-state index is -0.345. The first-order valence-corrected chi connectivity index (χ1v) is 9.89.